The highest BCUT2D eigenvalue weighted by molar-refractivity contribution is 5.80. The number of halogens is 3. The second-order valence-electron chi connectivity index (χ2n) is 9.82. The lowest BCUT2D eigenvalue weighted by atomic mass is 9.87. The van der Waals surface area contributed by atoms with Gasteiger partial charge < -0.3 is 14.9 Å². The summed E-state index contributed by atoms with van der Waals surface area (Å²) in [5, 5.41) is 10.3. The van der Waals surface area contributed by atoms with Gasteiger partial charge in [-0.1, -0.05) is 6.07 Å². The number of benzene rings is 1. The van der Waals surface area contributed by atoms with Crippen molar-refractivity contribution in [2.75, 3.05) is 38.1 Å². The number of nitrogens with one attached hydrogen (secondary N) is 1. The number of carboxylic acid groups (broad SMARTS) is 1. The molecule has 4 rings (SSSR count). The highest BCUT2D eigenvalue weighted by atomic mass is 19.4. The Bertz CT molecular complexity index is 985. The molecule has 0 spiro atoms. The van der Waals surface area contributed by atoms with Crippen molar-refractivity contribution in [1.29, 1.82) is 0 Å². The molecule has 192 valence electrons. The molecule has 0 aromatic heterocycles. The second-order valence-corrected chi connectivity index (χ2v) is 9.82. The van der Waals surface area contributed by atoms with Gasteiger partial charge in [-0.25, -0.2) is 15.2 Å². The third-order valence-electron chi connectivity index (χ3n) is 7.44. The fourth-order valence-corrected chi connectivity index (χ4v) is 4.99. The zero-order valence-electron chi connectivity index (χ0n) is 20.0. The van der Waals surface area contributed by atoms with Crippen LogP contribution in [0.15, 0.2) is 30.5 Å². The summed E-state index contributed by atoms with van der Waals surface area (Å²) < 4.78 is 41.5. The molecule has 2 saturated heterocycles. The van der Waals surface area contributed by atoms with Gasteiger partial charge in [-0.3, -0.25) is 9.69 Å². The van der Waals surface area contributed by atoms with Crippen molar-refractivity contribution in [1.82, 2.24) is 20.2 Å². The van der Waals surface area contributed by atoms with Crippen LogP contribution in [-0.2, 0) is 17.5 Å². The third-order valence-corrected chi connectivity index (χ3v) is 7.44. The molecule has 2 N–H and O–H groups in total. The molecule has 8 nitrogen and oxygen atoms in total. The molecular weight excluding hydrogens is 463 g/mol. The van der Waals surface area contributed by atoms with Crippen LogP contribution in [0.5, 0.6) is 0 Å². The quantitative estimate of drug-likeness (QED) is 0.651. The van der Waals surface area contributed by atoms with E-state index in [0.29, 0.717) is 51.1 Å². The van der Waals surface area contributed by atoms with Crippen LogP contribution in [0, 0.1) is 0 Å². The predicted molar refractivity (Wildman–Crippen MR) is 125 cm³/mol. The van der Waals surface area contributed by atoms with E-state index in [9.17, 15) is 22.8 Å². The maximum atomic E-state index is 13.8. The fraction of sp³-hybridized carbons (Fsp3) is 0.583. The number of hydrazine groups is 1. The van der Waals surface area contributed by atoms with E-state index < -0.39 is 23.8 Å². The van der Waals surface area contributed by atoms with Crippen LogP contribution in [0.4, 0.5) is 23.7 Å². The van der Waals surface area contributed by atoms with Gasteiger partial charge >= 0.3 is 18.2 Å². The SMILES string of the molecule is CN(Cc1ccc(N2CCCC2)c(C(F)(F)F)c1)C1(C)CCN(C(=O)N2C=CC(C(=O)O)N2)CC1. The Balaban J connectivity index is 1.39. The minimum Gasteiger partial charge on any atom is -0.480 e. The number of rotatable bonds is 5. The Morgan fingerprint density at radius 2 is 1.83 bits per heavy atom. The number of hydrogen-bond donors (Lipinski definition) is 2. The lowest BCUT2D eigenvalue weighted by Crippen LogP contribution is -2.56. The molecule has 0 bridgehead atoms. The molecule has 3 heterocycles. The average molecular weight is 496 g/mol. The number of nitrogens with zero attached hydrogens (tertiary/aromatic N) is 4. The van der Waals surface area contributed by atoms with E-state index in [-0.39, 0.29) is 17.3 Å². The number of carboxylic acids is 1. The topological polar surface area (TPSA) is 79.4 Å². The first-order chi connectivity index (χ1) is 16.5. The molecule has 1 aromatic rings. The Labute approximate surface area is 202 Å². The van der Waals surface area contributed by atoms with E-state index in [1.165, 1.54) is 23.4 Å². The summed E-state index contributed by atoms with van der Waals surface area (Å²) in [6.45, 7) is 4.65. The van der Waals surface area contributed by atoms with E-state index in [1.807, 2.05) is 11.9 Å². The third kappa shape index (κ3) is 5.40. The van der Waals surface area contributed by atoms with Crippen molar-refractivity contribution >= 4 is 17.7 Å². The first-order valence-corrected chi connectivity index (χ1v) is 11.9. The van der Waals surface area contributed by atoms with Gasteiger partial charge in [-0.05, 0) is 63.4 Å². The van der Waals surface area contributed by atoms with Crippen molar-refractivity contribution in [2.45, 2.75) is 56.9 Å². The van der Waals surface area contributed by atoms with Gasteiger partial charge in [-0.2, -0.15) is 13.2 Å². The lowest BCUT2D eigenvalue weighted by Gasteiger charge is -2.45. The maximum absolute atomic E-state index is 13.8. The summed E-state index contributed by atoms with van der Waals surface area (Å²) in [5.74, 6) is -1.06. The minimum atomic E-state index is -4.42. The number of carbonyl (C=O) groups is 2. The van der Waals surface area contributed by atoms with Crippen molar-refractivity contribution < 1.29 is 27.9 Å². The number of likely N-dealkylation sites (tertiary alicyclic amines) is 1. The highest BCUT2D eigenvalue weighted by Crippen LogP contribution is 2.39. The predicted octanol–water partition coefficient (Wildman–Crippen LogP) is 3.50. The fourth-order valence-electron chi connectivity index (χ4n) is 4.99. The molecule has 35 heavy (non-hydrogen) atoms. The van der Waals surface area contributed by atoms with Gasteiger partial charge in [-0.15, -0.1) is 0 Å². The number of hydrogen-bond acceptors (Lipinski definition) is 5. The Morgan fingerprint density at radius 1 is 1.17 bits per heavy atom. The van der Waals surface area contributed by atoms with Gasteiger partial charge in [0.2, 0.25) is 0 Å². The van der Waals surface area contributed by atoms with Crippen molar-refractivity contribution in [2.24, 2.45) is 0 Å². The minimum absolute atomic E-state index is 0.258. The molecule has 1 aromatic carbocycles. The number of amides is 2. The van der Waals surface area contributed by atoms with Gasteiger partial charge in [0, 0.05) is 50.2 Å². The zero-order valence-corrected chi connectivity index (χ0v) is 20.0. The monoisotopic (exact) mass is 495 g/mol. The molecule has 0 saturated carbocycles. The molecule has 3 aliphatic heterocycles. The molecule has 3 aliphatic rings. The Morgan fingerprint density at radius 3 is 2.40 bits per heavy atom. The maximum Gasteiger partial charge on any atom is 0.418 e. The highest BCUT2D eigenvalue weighted by Gasteiger charge is 2.39. The van der Waals surface area contributed by atoms with Crippen LogP contribution >= 0.6 is 0 Å². The first kappa shape index (κ1) is 25.3. The lowest BCUT2D eigenvalue weighted by molar-refractivity contribution is -0.139. The van der Waals surface area contributed by atoms with Crippen LogP contribution in [-0.4, -0.2) is 76.7 Å². The van der Waals surface area contributed by atoms with E-state index in [2.05, 4.69) is 17.2 Å². The molecule has 0 aliphatic carbocycles. The largest absolute Gasteiger partial charge is 0.480 e. The summed E-state index contributed by atoms with van der Waals surface area (Å²) in [7, 11) is 1.90. The summed E-state index contributed by atoms with van der Waals surface area (Å²) in [4.78, 5) is 29.3. The molecular formula is C24H32F3N5O3. The summed E-state index contributed by atoms with van der Waals surface area (Å²) in [5.41, 5.74) is 2.62. The Hall–Kier alpha value is -2.79. The van der Waals surface area contributed by atoms with Gasteiger partial charge in [0.1, 0.15) is 6.04 Å². The van der Waals surface area contributed by atoms with E-state index in [4.69, 9.17) is 5.11 Å². The number of urea groups is 1. The first-order valence-electron chi connectivity index (χ1n) is 11.9. The number of piperidine rings is 1. The smallest absolute Gasteiger partial charge is 0.418 e. The van der Waals surface area contributed by atoms with Crippen LogP contribution in [0.3, 0.4) is 0 Å². The number of anilines is 1. The second kappa shape index (κ2) is 9.69. The summed E-state index contributed by atoms with van der Waals surface area (Å²) in [6, 6.07) is 3.41. The number of aliphatic carboxylic acids is 1. The molecule has 0 radical (unpaired) electrons. The van der Waals surface area contributed by atoms with E-state index >= 15 is 0 Å². The number of alkyl halides is 3. The van der Waals surface area contributed by atoms with Crippen molar-refractivity contribution in [3.8, 4) is 0 Å². The van der Waals surface area contributed by atoms with Gasteiger partial charge in [0.05, 0.1) is 5.56 Å². The van der Waals surface area contributed by atoms with Gasteiger partial charge in [0.25, 0.3) is 0 Å². The van der Waals surface area contributed by atoms with Crippen molar-refractivity contribution in [3.05, 3.63) is 41.6 Å². The molecule has 2 fully saturated rings. The molecule has 11 heteroatoms. The number of carbonyl (C=O) groups excluding carboxylic acids is 1. The van der Waals surface area contributed by atoms with Crippen LogP contribution in [0.2, 0.25) is 0 Å². The van der Waals surface area contributed by atoms with Crippen LogP contribution < -0.4 is 10.3 Å². The summed E-state index contributed by atoms with van der Waals surface area (Å²) >= 11 is 0. The molecule has 1 atom stereocenters. The zero-order chi connectivity index (χ0) is 25.4. The van der Waals surface area contributed by atoms with E-state index in [0.717, 1.165) is 12.8 Å². The van der Waals surface area contributed by atoms with E-state index in [1.54, 1.807) is 17.0 Å². The molecule has 2 amide bonds. The molecule has 1 unspecified atom stereocenters. The summed E-state index contributed by atoms with van der Waals surface area (Å²) in [6.07, 6.45) is 1.52. The standard InChI is InChI=1S/C24H32F3N5O3/c1-23(8-13-31(14-9-23)22(35)32-12-7-19(28-32)21(33)34)29(2)16-17-5-6-20(30-10-3-4-11-30)18(15-17)24(25,26)27/h5-7,12,15,19,28H,3-4,8-11,13-14,16H2,1-2H3,(H,33,34). The van der Waals surface area contributed by atoms with Crippen molar-refractivity contribution in [3.63, 3.8) is 0 Å². The Kier molecular flexibility index (Phi) is 7.01. The van der Waals surface area contributed by atoms with Gasteiger partial charge in [0.15, 0.2) is 0 Å². The van der Waals surface area contributed by atoms with Crippen LogP contribution in [0.25, 0.3) is 0 Å². The van der Waals surface area contributed by atoms with Crippen LogP contribution in [0.1, 0.15) is 43.7 Å². The average Bonchev–Trinajstić information content (AvgIpc) is 3.51. The normalized spacial score (nSPS) is 22.3.